The number of hydrogen-bond donors (Lipinski definition) is 0. The lowest BCUT2D eigenvalue weighted by Gasteiger charge is -2.03. The van der Waals surface area contributed by atoms with E-state index in [1.807, 2.05) is 20.0 Å². The third-order valence-corrected chi connectivity index (χ3v) is 1.69. The molecule has 0 atom stereocenters. The molecule has 0 aromatic heterocycles. The van der Waals surface area contributed by atoms with E-state index in [1.165, 1.54) is 0 Å². The van der Waals surface area contributed by atoms with Crippen LogP contribution in [0.25, 0.3) is 0 Å². The van der Waals surface area contributed by atoms with Gasteiger partial charge in [0.25, 0.3) is 0 Å². The summed E-state index contributed by atoms with van der Waals surface area (Å²) in [4.78, 5) is 12.7. The maximum Gasteiger partial charge on any atom is 0.249 e. The van der Waals surface area contributed by atoms with Gasteiger partial charge in [0.05, 0.1) is 0 Å². The Labute approximate surface area is 55.2 Å². The summed E-state index contributed by atoms with van der Waals surface area (Å²) in [5.74, 6) is 0.192. The maximum atomic E-state index is 11.0. The van der Waals surface area contributed by atoms with E-state index in [9.17, 15) is 4.79 Å². The van der Waals surface area contributed by atoms with Crippen LogP contribution < -0.4 is 0 Å². The molecule has 0 aromatic carbocycles. The van der Waals surface area contributed by atoms with E-state index in [0.29, 0.717) is 0 Å². The number of carbonyl (C=O) groups is 1. The average Bonchev–Trinajstić information content (AvgIpc) is 2.15. The molecule has 0 bridgehead atoms. The second kappa shape index (κ2) is 2.21. The molecule has 1 amide bonds. The van der Waals surface area contributed by atoms with Crippen LogP contribution in [0.5, 0.6) is 0 Å². The van der Waals surface area contributed by atoms with Crippen molar-refractivity contribution in [2.24, 2.45) is 0 Å². The Balaban J connectivity index is 2.74. The monoisotopic (exact) mass is 125 g/mol. The summed E-state index contributed by atoms with van der Waals surface area (Å²) in [5, 5.41) is 0. The smallest absolute Gasteiger partial charge is 0.249 e. The zero-order valence-electron chi connectivity index (χ0n) is 5.85. The van der Waals surface area contributed by atoms with Gasteiger partial charge in [0.2, 0.25) is 5.91 Å². The van der Waals surface area contributed by atoms with Gasteiger partial charge in [-0.3, -0.25) is 4.79 Å². The van der Waals surface area contributed by atoms with Crippen molar-refractivity contribution < 1.29 is 4.79 Å². The predicted octanol–water partition coefficient (Wildman–Crippen LogP) is 0.795. The normalized spacial score (nSPS) is 24.0. The molecule has 0 saturated carbocycles. The molecule has 9 heavy (non-hydrogen) atoms. The van der Waals surface area contributed by atoms with E-state index in [-0.39, 0.29) is 5.91 Å². The summed E-state index contributed by atoms with van der Waals surface area (Å²) in [6.07, 6.45) is 2.82. The lowest BCUT2D eigenvalue weighted by Crippen LogP contribution is -2.18. The van der Waals surface area contributed by atoms with E-state index in [1.54, 1.807) is 4.90 Å². The van der Waals surface area contributed by atoms with E-state index in [0.717, 1.165) is 18.5 Å². The fourth-order valence-corrected chi connectivity index (χ4v) is 1.01. The molecule has 0 aromatic rings. The first-order valence-electron chi connectivity index (χ1n) is 3.16. The minimum Gasteiger partial charge on any atom is -0.342 e. The van der Waals surface area contributed by atoms with Crippen LogP contribution in [0, 0.1) is 0 Å². The molecule has 50 valence electrons. The third kappa shape index (κ3) is 0.969. The highest BCUT2D eigenvalue weighted by Gasteiger charge is 2.20. The third-order valence-electron chi connectivity index (χ3n) is 1.69. The SMILES string of the molecule is CC=C1CCN(C)C1=O. The summed E-state index contributed by atoms with van der Waals surface area (Å²) in [6.45, 7) is 2.80. The Morgan fingerprint density at radius 2 is 2.33 bits per heavy atom. The van der Waals surface area contributed by atoms with Crippen LogP contribution >= 0.6 is 0 Å². The van der Waals surface area contributed by atoms with E-state index in [2.05, 4.69) is 0 Å². The van der Waals surface area contributed by atoms with E-state index >= 15 is 0 Å². The van der Waals surface area contributed by atoms with Gasteiger partial charge in [-0.25, -0.2) is 0 Å². The lowest BCUT2D eigenvalue weighted by molar-refractivity contribution is -0.123. The number of rotatable bonds is 0. The van der Waals surface area contributed by atoms with Crippen LogP contribution in [-0.2, 0) is 4.79 Å². The molecular weight excluding hydrogens is 114 g/mol. The molecule has 1 heterocycles. The summed E-state index contributed by atoms with van der Waals surface area (Å²) >= 11 is 0. The van der Waals surface area contributed by atoms with Gasteiger partial charge in [-0.2, -0.15) is 0 Å². The number of amides is 1. The van der Waals surface area contributed by atoms with E-state index < -0.39 is 0 Å². The van der Waals surface area contributed by atoms with Gasteiger partial charge in [0.1, 0.15) is 0 Å². The first kappa shape index (κ1) is 6.33. The molecule has 1 fully saturated rings. The summed E-state index contributed by atoms with van der Waals surface area (Å²) < 4.78 is 0. The van der Waals surface area contributed by atoms with Gasteiger partial charge >= 0.3 is 0 Å². The molecule has 0 N–H and O–H groups in total. The van der Waals surface area contributed by atoms with Crippen molar-refractivity contribution in [2.75, 3.05) is 13.6 Å². The van der Waals surface area contributed by atoms with Crippen molar-refractivity contribution >= 4 is 5.91 Å². The number of likely N-dealkylation sites (tertiary alicyclic amines) is 1. The van der Waals surface area contributed by atoms with Crippen LogP contribution in [0.3, 0.4) is 0 Å². The van der Waals surface area contributed by atoms with Crippen molar-refractivity contribution in [3.05, 3.63) is 11.6 Å². The molecule has 1 aliphatic heterocycles. The molecule has 1 rings (SSSR count). The number of carbonyl (C=O) groups excluding carboxylic acids is 1. The number of allylic oxidation sites excluding steroid dienone is 1. The molecule has 0 aliphatic carbocycles. The molecule has 2 nitrogen and oxygen atoms in total. The van der Waals surface area contributed by atoms with Gasteiger partial charge in [0, 0.05) is 19.2 Å². The molecule has 0 radical (unpaired) electrons. The Morgan fingerprint density at radius 3 is 2.56 bits per heavy atom. The highest BCUT2D eigenvalue weighted by molar-refractivity contribution is 5.95. The van der Waals surface area contributed by atoms with Gasteiger partial charge in [-0.1, -0.05) is 6.08 Å². The van der Waals surface area contributed by atoms with Crippen LogP contribution in [0.1, 0.15) is 13.3 Å². The highest BCUT2D eigenvalue weighted by atomic mass is 16.2. The molecule has 2 heteroatoms. The van der Waals surface area contributed by atoms with Crippen molar-refractivity contribution in [3.63, 3.8) is 0 Å². The van der Waals surface area contributed by atoms with Crippen molar-refractivity contribution in [1.82, 2.24) is 4.90 Å². The summed E-state index contributed by atoms with van der Waals surface area (Å²) in [7, 11) is 1.83. The quantitative estimate of drug-likeness (QED) is 0.438. The zero-order valence-corrected chi connectivity index (χ0v) is 5.85. The van der Waals surface area contributed by atoms with Crippen molar-refractivity contribution in [3.8, 4) is 0 Å². The fourth-order valence-electron chi connectivity index (χ4n) is 1.01. The van der Waals surface area contributed by atoms with E-state index in [4.69, 9.17) is 0 Å². The Hall–Kier alpha value is -0.790. The number of nitrogens with zero attached hydrogens (tertiary/aromatic N) is 1. The minimum absolute atomic E-state index is 0.192. The lowest BCUT2D eigenvalue weighted by atomic mass is 10.2. The van der Waals surface area contributed by atoms with Crippen LogP contribution in [0.4, 0.5) is 0 Å². The second-order valence-electron chi connectivity index (χ2n) is 2.29. The number of likely N-dealkylation sites (N-methyl/N-ethyl adjacent to an activating group) is 1. The Morgan fingerprint density at radius 1 is 1.67 bits per heavy atom. The van der Waals surface area contributed by atoms with Crippen LogP contribution in [0.15, 0.2) is 11.6 Å². The van der Waals surface area contributed by atoms with Gasteiger partial charge in [0.15, 0.2) is 0 Å². The first-order valence-corrected chi connectivity index (χ1v) is 3.16. The fraction of sp³-hybridized carbons (Fsp3) is 0.571. The zero-order chi connectivity index (χ0) is 6.85. The minimum atomic E-state index is 0.192. The maximum absolute atomic E-state index is 11.0. The Bertz CT molecular complexity index is 160. The predicted molar refractivity (Wildman–Crippen MR) is 36.0 cm³/mol. The molecule has 1 aliphatic rings. The average molecular weight is 125 g/mol. The highest BCUT2D eigenvalue weighted by Crippen LogP contribution is 2.13. The van der Waals surface area contributed by atoms with Crippen molar-refractivity contribution in [2.45, 2.75) is 13.3 Å². The topological polar surface area (TPSA) is 20.3 Å². The van der Waals surface area contributed by atoms with Crippen LogP contribution in [0.2, 0.25) is 0 Å². The van der Waals surface area contributed by atoms with Gasteiger partial charge in [-0.05, 0) is 13.3 Å². The molecule has 0 unspecified atom stereocenters. The molecule has 0 spiro atoms. The van der Waals surface area contributed by atoms with Gasteiger partial charge in [-0.15, -0.1) is 0 Å². The van der Waals surface area contributed by atoms with Gasteiger partial charge < -0.3 is 4.90 Å². The van der Waals surface area contributed by atoms with Crippen LogP contribution in [-0.4, -0.2) is 24.4 Å². The standard InChI is InChI=1S/C7H11NO/c1-3-6-4-5-8(2)7(6)9/h3H,4-5H2,1-2H3. The second-order valence-corrected chi connectivity index (χ2v) is 2.29. The molecule has 1 saturated heterocycles. The first-order chi connectivity index (χ1) is 4.25. The summed E-state index contributed by atoms with van der Waals surface area (Å²) in [5.41, 5.74) is 0.956. The summed E-state index contributed by atoms with van der Waals surface area (Å²) in [6, 6.07) is 0. The van der Waals surface area contributed by atoms with Crippen molar-refractivity contribution in [1.29, 1.82) is 0 Å². The number of hydrogen-bond acceptors (Lipinski definition) is 1. The Kier molecular flexibility index (Phi) is 1.56. The molecular formula is C7H11NO. The largest absolute Gasteiger partial charge is 0.342 e.